The number of rotatable bonds is 5. The van der Waals surface area contributed by atoms with E-state index in [2.05, 4.69) is 20.8 Å². The van der Waals surface area contributed by atoms with Crippen molar-refractivity contribution in [3.8, 4) is 11.3 Å². The Kier molecular flexibility index (Phi) is 4.23. The molecule has 1 aromatic heterocycles. The maximum atomic E-state index is 4.27. The Morgan fingerprint density at radius 1 is 1.10 bits per heavy atom. The van der Waals surface area contributed by atoms with Crippen LogP contribution in [-0.2, 0) is 0 Å². The average Bonchev–Trinajstić information content (AvgIpc) is 3.02. The molecule has 1 aromatic carbocycles. The van der Waals surface area contributed by atoms with Crippen molar-refractivity contribution in [3.05, 3.63) is 42.5 Å². The summed E-state index contributed by atoms with van der Waals surface area (Å²) in [4.78, 5) is 0. The molecular formula is C16H20N4. The molecule has 2 aromatic rings. The Morgan fingerprint density at radius 3 is 2.70 bits per heavy atom. The number of benzene rings is 1. The highest BCUT2D eigenvalue weighted by Crippen LogP contribution is 2.17. The number of hydrogen-bond donors (Lipinski definition) is 2. The number of aromatic nitrogens is 2. The van der Waals surface area contributed by atoms with E-state index < -0.39 is 0 Å². The molecule has 1 aliphatic heterocycles. The van der Waals surface area contributed by atoms with Crippen molar-refractivity contribution >= 4 is 5.82 Å². The van der Waals surface area contributed by atoms with Gasteiger partial charge in [-0.25, -0.2) is 0 Å². The van der Waals surface area contributed by atoms with Crippen LogP contribution in [0.5, 0.6) is 0 Å². The van der Waals surface area contributed by atoms with Gasteiger partial charge in [-0.05, 0) is 44.0 Å². The van der Waals surface area contributed by atoms with E-state index in [9.17, 15) is 0 Å². The summed E-state index contributed by atoms with van der Waals surface area (Å²) in [6, 6.07) is 14.1. The maximum Gasteiger partial charge on any atom is 0.148 e. The van der Waals surface area contributed by atoms with E-state index in [1.54, 1.807) is 0 Å². The summed E-state index contributed by atoms with van der Waals surface area (Å²) in [5, 5.41) is 15.3. The summed E-state index contributed by atoms with van der Waals surface area (Å²) in [5.74, 6) is 1.66. The standard InChI is InChI=1S/C16H20N4/c1-2-4-14(5-3-1)15-6-7-16(20-19-15)18-11-9-13-8-10-17-12-13/h1-7,13,17H,8-12H2,(H,18,20). The van der Waals surface area contributed by atoms with Crippen LogP contribution in [-0.4, -0.2) is 29.8 Å². The van der Waals surface area contributed by atoms with Crippen LogP contribution >= 0.6 is 0 Å². The fourth-order valence-corrected chi connectivity index (χ4v) is 2.55. The largest absolute Gasteiger partial charge is 0.369 e. The van der Waals surface area contributed by atoms with Gasteiger partial charge in [-0.3, -0.25) is 0 Å². The molecule has 0 spiro atoms. The minimum absolute atomic E-state index is 0.805. The van der Waals surface area contributed by atoms with E-state index in [4.69, 9.17) is 0 Å². The lowest BCUT2D eigenvalue weighted by atomic mass is 10.1. The average molecular weight is 268 g/mol. The summed E-state index contributed by atoms with van der Waals surface area (Å²) < 4.78 is 0. The van der Waals surface area contributed by atoms with Crippen LogP contribution in [0, 0.1) is 5.92 Å². The van der Waals surface area contributed by atoms with Crippen LogP contribution < -0.4 is 10.6 Å². The number of hydrogen-bond acceptors (Lipinski definition) is 4. The van der Waals surface area contributed by atoms with Crippen molar-refractivity contribution in [1.82, 2.24) is 15.5 Å². The molecule has 0 saturated carbocycles. The van der Waals surface area contributed by atoms with Crippen LogP contribution in [0.25, 0.3) is 11.3 Å². The minimum atomic E-state index is 0.805. The predicted molar refractivity (Wildman–Crippen MR) is 81.6 cm³/mol. The van der Waals surface area contributed by atoms with Gasteiger partial charge in [0.25, 0.3) is 0 Å². The molecule has 1 saturated heterocycles. The highest BCUT2D eigenvalue weighted by molar-refractivity contribution is 5.59. The van der Waals surface area contributed by atoms with E-state index >= 15 is 0 Å². The molecule has 1 atom stereocenters. The molecule has 0 bridgehead atoms. The second-order valence-corrected chi connectivity index (χ2v) is 5.24. The van der Waals surface area contributed by atoms with Gasteiger partial charge in [-0.15, -0.1) is 10.2 Å². The first-order valence-corrected chi connectivity index (χ1v) is 7.25. The molecule has 2 N–H and O–H groups in total. The Bertz CT molecular complexity index is 518. The first-order valence-electron chi connectivity index (χ1n) is 7.25. The van der Waals surface area contributed by atoms with Crippen molar-refractivity contribution in [3.63, 3.8) is 0 Å². The molecule has 1 aliphatic rings. The van der Waals surface area contributed by atoms with Gasteiger partial charge < -0.3 is 10.6 Å². The number of nitrogens with zero attached hydrogens (tertiary/aromatic N) is 2. The van der Waals surface area contributed by atoms with Gasteiger partial charge in [0.2, 0.25) is 0 Å². The summed E-state index contributed by atoms with van der Waals surface area (Å²) in [6.45, 7) is 3.28. The lowest BCUT2D eigenvalue weighted by Crippen LogP contribution is -2.13. The summed E-state index contributed by atoms with van der Waals surface area (Å²) >= 11 is 0. The number of anilines is 1. The minimum Gasteiger partial charge on any atom is -0.369 e. The second-order valence-electron chi connectivity index (χ2n) is 5.24. The van der Waals surface area contributed by atoms with Crippen molar-refractivity contribution in [1.29, 1.82) is 0 Å². The Labute approximate surface area is 119 Å². The summed E-state index contributed by atoms with van der Waals surface area (Å²) in [5.41, 5.74) is 2.01. The third-order valence-electron chi connectivity index (χ3n) is 3.76. The van der Waals surface area contributed by atoms with Gasteiger partial charge in [0.05, 0.1) is 5.69 Å². The Morgan fingerprint density at radius 2 is 2.00 bits per heavy atom. The molecule has 20 heavy (non-hydrogen) atoms. The monoisotopic (exact) mass is 268 g/mol. The summed E-state index contributed by atoms with van der Waals surface area (Å²) in [6.07, 6.45) is 2.48. The SMILES string of the molecule is c1ccc(-c2ccc(NCCC3CCNC3)nn2)cc1. The molecule has 0 radical (unpaired) electrons. The maximum absolute atomic E-state index is 4.27. The lowest BCUT2D eigenvalue weighted by Gasteiger charge is -2.09. The first-order chi connectivity index (χ1) is 9.92. The van der Waals surface area contributed by atoms with E-state index in [-0.39, 0.29) is 0 Å². The first kappa shape index (κ1) is 13.1. The highest BCUT2D eigenvalue weighted by Gasteiger charge is 2.13. The number of nitrogens with one attached hydrogen (secondary N) is 2. The molecule has 0 aliphatic carbocycles. The quantitative estimate of drug-likeness (QED) is 0.875. The molecule has 4 nitrogen and oxygen atoms in total. The van der Waals surface area contributed by atoms with E-state index in [1.807, 2.05) is 42.5 Å². The van der Waals surface area contributed by atoms with Crippen LogP contribution in [0.1, 0.15) is 12.8 Å². The van der Waals surface area contributed by atoms with E-state index in [1.165, 1.54) is 12.8 Å². The van der Waals surface area contributed by atoms with Crippen molar-refractivity contribution < 1.29 is 0 Å². The fourth-order valence-electron chi connectivity index (χ4n) is 2.55. The van der Waals surface area contributed by atoms with Gasteiger partial charge in [0, 0.05) is 12.1 Å². The third-order valence-corrected chi connectivity index (χ3v) is 3.76. The normalized spacial score (nSPS) is 18.1. The van der Waals surface area contributed by atoms with E-state index in [0.717, 1.165) is 42.6 Å². The molecule has 104 valence electrons. The van der Waals surface area contributed by atoms with Crippen LogP contribution in [0.15, 0.2) is 42.5 Å². The van der Waals surface area contributed by atoms with Crippen molar-refractivity contribution in [2.45, 2.75) is 12.8 Å². The lowest BCUT2D eigenvalue weighted by molar-refractivity contribution is 0.548. The van der Waals surface area contributed by atoms with Gasteiger partial charge in [0.15, 0.2) is 0 Å². The van der Waals surface area contributed by atoms with E-state index in [0.29, 0.717) is 0 Å². The molecule has 4 heteroatoms. The van der Waals surface area contributed by atoms with Gasteiger partial charge >= 0.3 is 0 Å². The topological polar surface area (TPSA) is 49.8 Å². The third kappa shape index (κ3) is 3.33. The molecular weight excluding hydrogens is 248 g/mol. The van der Waals surface area contributed by atoms with Crippen LogP contribution in [0.4, 0.5) is 5.82 Å². The van der Waals surface area contributed by atoms with Crippen molar-refractivity contribution in [2.75, 3.05) is 25.0 Å². The highest BCUT2D eigenvalue weighted by atomic mass is 15.2. The molecule has 1 fully saturated rings. The van der Waals surface area contributed by atoms with Crippen molar-refractivity contribution in [2.24, 2.45) is 5.92 Å². The smallest absolute Gasteiger partial charge is 0.148 e. The van der Waals surface area contributed by atoms with Gasteiger partial charge in [-0.1, -0.05) is 30.3 Å². The molecule has 0 amide bonds. The molecule has 3 rings (SSSR count). The van der Waals surface area contributed by atoms with Gasteiger partial charge in [0.1, 0.15) is 5.82 Å². The van der Waals surface area contributed by atoms with Gasteiger partial charge in [-0.2, -0.15) is 0 Å². The zero-order valence-corrected chi connectivity index (χ0v) is 11.5. The molecule has 1 unspecified atom stereocenters. The Balaban J connectivity index is 1.53. The predicted octanol–water partition coefficient (Wildman–Crippen LogP) is 2.56. The zero-order chi connectivity index (χ0) is 13.6. The fraction of sp³-hybridized carbons (Fsp3) is 0.375. The second kappa shape index (κ2) is 6.48. The van der Waals surface area contributed by atoms with Crippen LogP contribution in [0.3, 0.4) is 0 Å². The summed E-state index contributed by atoms with van der Waals surface area (Å²) in [7, 11) is 0. The Hall–Kier alpha value is -1.94. The van der Waals surface area contributed by atoms with Crippen LogP contribution in [0.2, 0.25) is 0 Å². The zero-order valence-electron chi connectivity index (χ0n) is 11.5. The molecule has 2 heterocycles.